The van der Waals surface area contributed by atoms with E-state index in [1.165, 1.54) is 19.3 Å². The van der Waals surface area contributed by atoms with Gasteiger partial charge < -0.3 is 10.6 Å². The van der Waals surface area contributed by atoms with Crippen LogP contribution in [0.2, 0.25) is 0 Å². The average molecular weight is 198 g/mol. The predicted molar refractivity (Wildman–Crippen MR) is 62.3 cm³/mol. The van der Waals surface area contributed by atoms with Gasteiger partial charge in [-0.3, -0.25) is 0 Å². The maximum Gasteiger partial charge on any atom is 0.00923 e. The summed E-state index contributed by atoms with van der Waals surface area (Å²) >= 11 is 0. The number of hydrogen-bond acceptors (Lipinski definition) is 2. The minimum atomic E-state index is 0.303. The SMILES string of the molecule is CCC(C)(CN)CN(C)C(C)C1CC1. The summed E-state index contributed by atoms with van der Waals surface area (Å²) in [5, 5.41) is 0. The van der Waals surface area contributed by atoms with Crippen molar-refractivity contribution in [1.82, 2.24) is 4.90 Å². The number of nitrogens with zero attached hydrogens (tertiary/aromatic N) is 1. The molecule has 1 fully saturated rings. The molecule has 0 spiro atoms. The summed E-state index contributed by atoms with van der Waals surface area (Å²) < 4.78 is 0. The van der Waals surface area contributed by atoms with Crippen molar-refractivity contribution in [3.05, 3.63) is 0 Å². The van der Waals surface area contributed by atoms with Gasteiger partial charge in [0.1, 0.15) is 0 Å². The lowest BCUT2D eigenvalue weighted by atomic mass is 9.86. The van der Waals surface area contributed by atoms with Gasteiger partial charge in [-0.1, -0.05) is 13.8 Å². The normalized spacial score (nSPS) is 23.6. The van der Waals surface area contributed by atoms with Crippen LogP contribution in [0.1, 0.15) is 40.0 Å². The topological polar surface area (TPSA) is 29.3 Å². The Hall–Kier alpha value is -0.0800. The molecule has 0 aromatic rings. The van der Waals surface area contributed by atoms with Gasteiger partial charge in [0.15, 0.2) is 0 Å². The fourth-order valence-corrected chi connectivity index (χ4v) is 2.01. The van der Waals surface area contributed by atoms with Crippen LogP contribution in [-0.2, 0) is 0 Å². The van der Waals surface area contributed by atoms with E-state index in [-0.39, 0.29) is 0 Å². The van der Waals surface area contributed by atoms with E-state index >= 15 is 0 Å². The van der Waals surface area contributed by atoms with Crippen molar-refractivity contribution in [2.24, 2.45) is 17.1 Å². The van der Waals surface area contributed by atoms with E-state index in [9.17, 15) is 0 Å². The van der Waals surface area contributed by atoms with Crippen LogP contribution in [0.5, 0.6) is 0 Å². The van der Waals surface area contributed by atoms with Gasteiger partial charge >= 0.3 is 0 Å². The molecule has 84 valence electrons. The van der Waals surface area contributed by atoms with Crippen LogP contribution in [0, 0.1) is 11.3 Å². The van der Waals surface area contributed by atoms with Gasteiger partial charge in [0.2, 0.25) is 0 Å². The molecule has 0 amide bonds. The molecule has 14 heavy (non-hydrogen) atoms. The minimum Gasteiger partial charge on any atom is -0.330 e. The molecular weight excluding hydrogens is 172 g/mol. The molecule has 0 aromatic carbocycles. The average Bonchev–Trinajstić information content (AvgIpc) is 2.99. The second kappa shape index (κ2) is 4.63. The second-order valence-corrected chi connectivity index (χ2v) is 5.36. The molecule has 1 aliphatic rings. The molecule has 1 rings (SSSR count). The van der Waals surface area contributed by atoms with Crippen LogP contribution in [0.15, 0.2) is 0 Å². The molecule has 2 nitrogen and oxygen atoms in total. The largest absolute Gasteiger partial charge is 0.330 e. The van der Waals surface area contributed by atoms with Crippen molar-refractivity contribution < 1.29 is 0 Å². The summed E-state index contributed by atoms with van der Waals surface area (Å²) in [6, 6.07) is 0.743. The predicted octanol–water partition coefficient (Wildman–Crippen LogP) is 2.09. The smallest absolute Gasteiger partial charge is 0.00923 e. The highest BCUT2D eigenvalue weighted by atomic mass is 15.1. The third-order valence-electron chi connectivity index (χ3n) is 3.98. The molecule has 2 heteroatoms. The van der Waals surface area contributed by atoms with Gasteiger partial charge in [-0.05, 0) is 51.1 Å². The molecule has 2 unspecified atom stereocenters. The zero-order valence-electron chi connectivity index (χ0n) is 10.2. The molecule has 1 saturated carbocycles. The van der Waals surface area contributed by atoms with E-state index < -0.39 is 0 Å². The molecule has 0 aliphatic heterocycles. The number of rotatable bonds is 6. The maximum atomic E-state index is 5.83. The Kier molecular flexibility index (Phi) is 3.96. The minimum absolute atomic E-state index is 0.303. The second-order valence-electron chi connectivity index (χ2n) is 5.36. The van der Waals surface area contributed by atoms with E-state index in [1.807, 2.05) is 0 Å². The van der Waals surface area contributed by atoms with Gasteiger partial charge in [-0.2, -0.15) is 0 Å². The molecule has 2 atom stereocenters. The van der Waals surface area contributed by atoms with Crippen molar-refractivity contribution in [1.29, 1.82) is 0 Å². The molecule has 2 N–H and O–H groups in total. The Morgan fingerprint density at radius 3 is 2.43 bits per heavy atom. The van der Waals surface area contributed by atoms with E-state index in [0.717, 1.165) is 25.0 Å². The standard InChI is InChI=1S/C12H26N2/c1-5-12(3,8-13)9-14(4)10(2)11-6-7-11/h10-11H,5-9,13H2,1-4H3. The maximum absolute atomic E-state index is 5.83. The first-order valence-electron chi connectivity index (χ1n) is 5.92. The lowest BCUT2D eigenvalue weighted by Gasteiger charge is -2.35. The van der Waals surface area contributed by atoms with E-state index in [2.05, 4.69) is 32.7 Å². The molecule has 0 aromatic heterocycles. The zero-order chi connectivity index (χ0) is 10.8. The Labute approximate surface area is 88.8 Å². The fraction of sp³-hybridized carbons (Fsp3) is 1.00. The fourth-order valence-electron chi connectivity index (χ4n) is 2.01. The summed E-state index contributed by atoms with van der Waals surface area (Å²) in [6.45, 7) is 8.82. The summed E-state index contributed by atoms with van der Waals surface area (Å²) in [6.07, 6.45) is 4.03. The first-order valence-corrected chi connectivity index (χ1v) is 5.92. The first kappa shape index (κ1) is 12.0. The van der Waals surface area contributed by atoms with E-state index in [1.54, 1.807) is 0 Å². The summed E-state index contributed by atoms with van der Waals surface area (Å²) in [5.41, 5.74) is 6.13. The summed E-state index contributed by atoms with van der Waals surface area (Å²) in [4.78, 5) is 2.49. The van der Waals surface area contributed by atoms with Crippen LogP contribution >= 0.6 is 0 Å². The highest BCUT2D eigenvalue weighted by Crippen LogP contribution is 2.35. The van der Waals surface area contributed by atoms with Gasteiger partial charge in [0, 0.05) is 12.6 Å². The van der Waals surface area contributed by atoms with Crippen LogP contribution in [0.4, 0.5) is 0 Å². The monoisotopic (exact) mass is 198 g/mol. The van der Waals surface area contributed by atoms with Crippen molar-refractivity contribution in [3.8, 4) is 0 Å². The van der Waals surface area contributed by atoms with E-state index in [4.69, 9.17) is 5.73 Å². The number of hydrogen-bond donors (Lipinski definition) is 1. The Morgan fingerprint density at radius 2 is 2.07 bits per heavy atom. The zero-order valence-corrected chi connectivity index (χ0v) is 10.2. The quantitative estimate of drug-likeness (QED) is 0.708. The van der Waals surface area contributed by atoms with Crippen LogP contribution < -0.4 is 5.73 Å². The summed E-state index contributed by atoms with van der Waals surface area (Å²) in [7, 11) is 2.24. The van der Waals surface area contributed by atoms with Crippen LogP contribution in [-0.4, -0.2) is 31.1 Å². The Balaban J connectivity index is 2.40. The highest BCUT2D eigenvalue weighted by Gasteiger charge is 2.33. The van der Waals surface area contributed by atoms with Crippen LogP contribution in [0.3, 0.4) is 0 Å². The lowest BCUT2D eigenvalue weighted by Crippen LogP contribution is -2.42. The number of nitrogens with two attached hydrogens (primary N) is 1. The molecule has 1 aliphatic carbocycles. The Bertz CT molecular complexity index is 171. The highest BCUT2D eigenvalue weighted by molar-refractivity contribution is 4.87. The lowest BCUT2D eigenvalue weighted by molar-refractivity contribution is 0.144. The summed E-state index contributed by atoms with van der Waals surface area (Å²) in [5.74, 6) is 0.957. The van der Waals surface area contributed by atoms with Crippen molar-refractivity contribution in [2.45, 2.75) is 46.1 Å². The van der Waals surface area contributed by atoms with Gasteiger partial charge in [-0.25, -0.2) is 0 Å². The van der Waals surface area contributed by atoms with Gasteiger partial charge in [0.05, 0.1) is 0 Å². The third kappa shape index (κ3) is 2.96. The van der Waals surface area contributed by atoms with Gasteiger partial charge in [0.25, 0.3) is 0 Å². The molecular formula is C12H26N2. The molecule has 0 saturated heterocycles. The molecule has 0 bridgehead atoms. The van der Waals surface area contributed by atoms with E-state index in [0.29, 0.717) is 5.41 Å². The molecule has 0 radical (unpaired) electrons. The third-order valence-corrected chi connectivity index (χ3v) is 3.98. The van der Waals surface area contributed by atoms with Crippen molar-refractivity contribution in [2.75, 3.05) is 20.1 Å². The molecule has 0 heterocycles. The Morgan fingerprint density at radius 1 is 1.50 bits per heavy atom. The van der Waals surface area contributed by atoms with Crippen molar-refractivity contribution >= 4 is 0 Å². The van der Waals surface area contributed by atoms with Crippen LogP contribution in [0.25, 0.3) is 0 Å². The first-order chi connectivity index (χ1) is 6.52. The van der Waals surface area contributed by atoms with Crippen molar-refractivity contribution in [3.63, 3.8) is 0 Å². The van der Waals surface area contributed by atoms with Gasteiger partial charge in [-0.15, -0.1) is 0 Å².